The minimum absolute atomic E-state index is 0.511. The minimum atomic E-state index is -1.20. The molecule has 4 nitrogen and oxygen atoms in total. The zero-order valence-corrected chi connectivity index (χ0v) is 11.9. The third-order valence-electron chi connectivity index (χ3n) is 3.08. The molecule has 0 aliphatic heterocycles. The van der Waals surface area contributed by atoms with Crippen molar-refractivity contribution < 1.29 is 4.21 Å². The fraction of sp³-hybridized carbons (Fsp3) is 0.133. The van der Waals surface area contributed by atoms with Crippen LogP contribution in [0.4, 0.5) is 0 Å². The molecule has 1 atom stereocenters. The number of pyridine rings is 1. The largest absolute Gasteiger partial charge is 0.342 e. The van der Waals surface area contributed by atoms with Gasteiger partial charge in [-0.3, -0.25) is 0 Å². The van der Waals surface area contributed by atoms with Crippen molar-refractivity contribution in [2.75, 3.05) is 0 Å². The summed E-state index contributed by atoms with van der Waals surface area (Å²) in [5, 5.41) is 1.06. The normalized spacial score (nSPS) is 12.7. The van der Waals surface area contributed by atoms with Crippen LogP contribution in [0.25, 0.3) is 11.0 Å². The summed E-state index contributed by atoms with van der Waals surface area (Å²) in [6.07, 6.45) is 1.75. The standard InChI is InChI=1S/C15H15N3OS/c1-11-4-6-14(7-5-11)20(19)17-10-13-9-12-3-2-8-16-15(12)18-13/h2-9,17H,10H2,1H3,(H,16,18). The van der Waals surface area contributed by atoms with Gasteiger partial charge in [0.15, 0.2) is 0 Å². The van der Waals surface area contributed by atoms with E-state index in [4.69, 9.17) is 0 Å². The van der Waals surface area contributed by atoms with Crippen molar-refractivity contribution in [1.82, 2.24) is 14.7 Å². The zero-order chi connectivity index (χ0) is 13.9. The highest BCUT2D eigenvalue weighted by Crippen LogP contribution is 2.13. The predicted molar refractivity (Wildman–Crippen MR) is 80.5 cm³/mol. The van der Waals surface area contributed by atoms with E-state index >= 15 is 0 Å². The maximum atomic E-state index is 12.1. The molecule has 1 aromatic carbocycles. The summed E-state index contributed by atoms with van der Waals surface area (Å²) in [5.74, 6) is 0. The van der Waals surface area contributed by atoms with Crippen molar-refractivity contribution in [3.8, 4) is 0 Å². The molecule has 2 aromatic heterocycles. The Labute approximate surface area is 119 Å². The van der Waals surface area contributed by atoms with Gasteiger partial charge in [-0.25, -0.2) is 13.9 Å². The molecule has 3 rings (SSSR count). The number of aromatic amines is 1. The first kappa shape index (κ1) is 13.0. The van der Waals surface area contributed by atoms with E-state index in [1.165, 1.54) is 0 Å². The van der Waals surface area contributed by atoms with Gasteiger partial charge >= 0.3 is 0 Å². The van der Waals surface area contributed by atoms with Gasteiger partial charge in [0.1, 0.15) is 16.6 Å². The Balaban J connectivity index is 1.69. The summed E-state index contributed by atoms with van der Waals surface area (Å²) in [6, 6.07) is 13.6. The van der Waals surface area contributed by atoms with Gasteiger partial charge in [0.2, 0.25) is 0 Å². The van der Waals surface area contributed by atoms with Gasteiger partial charge < -0.3 is 4.98 Å². The van der Waals surface area contributed by atoms with Gasteiger partial charge in [-0.05, 0) is 37.3 Å². The highest BCUT2D eigenvalue weighted by molar-refractivity contribution is 7.83. The molecule has 20 heavy (non-hydrogen) atoms. The molecular formula is C15H15N3OS. The van der Waals surface area contributed by atoms with Gasteiger partial charge in [0.05, 0.1) is 4.90 Å². The summed E-state index contributed by atoms with van der Waals surface area (Å²) in [4.78, 5) is 8.22. The number of nitrogens with zero attached hydrogens (tertiary/aromatic N) is 1. The van der Waals surface area contributed by atoms with Crippen LogP contribution in [-0.2, 0) is 17.5 Å². The SMILES string of the molecule is Cc1ccc(S(=O)NCc2cc3cccnc3[nH]2)cc1. The van der Waals surface area contributed by atoms with Crippen LogP contribution < -0.4 is 4.72 Å². The van der Waals surface area contributed by atoms with Crippen LogP contribution in [0, 0.1) is 6.92 Å². The van der Waals surface area contributed by atoms with E-state index in [0.29, 0.717) is 6.54 Å². The van der Waals surface area contributed by atoms with Crippen LogP contribution in [0.3, 0.4) is 0 Å². The number of rotatable bonds is 4. The lowest BCUT2D eigenvalue weighted by molar-refractivity contribution is 0.671. The molecule has 2 N–H and O–H groups in total. The summed E-state index contributed by atoms with van der Waals surface area (Å²) in [5.41, 5.74) is 2.98. The van der Waals surface area contributed by atoms with Crippen LogP contribution in [-0.4, -0.2) is 14.2 Å². The summed E-state index contributed by atoms with van der Waals surface area (Å²) in [6.45, 7) is 2.52. The van der Waals surface area contributed by atoms with Crippen molar-refractivity contribution >= 4 is 22.0 Å². The lowest BCUT2D eigenvalue weighted by Gasteiger charge is -2.03. The van der Waals surface area contributed by atoms with E-state index in [1.54, 1.807) is 6.20 Å². The second kappa shape index (κ2) is 5.56. The third kappa shape index (κ3) is 2.79. The molecule has 1 unspecified atom stereocenters. The molecule has 102 valence electrons. The lowest BCUT2D eigenvalue weighted by atomic mass is 10.2. The number of H-pyrrole nitrogens is 1. The van der Waals surface area contributed by atoms with Crippen molar-refractivity contribution in [1.29, 1.82) is 0 Å². The number of fused-ring (bicyclic) bond motifs is 1. The number of aryl methyl sites for hydroxylation is 1. The van der Waals surface area contributed by atoms with Crippen LogP contribution in [0.1, 0.15) is 11.3 Å². The van der Waals surface area contributed by atoms with Crippen molar-refractivity contribution in [2.45, 2.75) is 18.4 Å². The summed E-state index contributed by atoms with van der Waals surface area (Å²) < 4.78 is 15.1. The molecular weight excluding hydrogens is 270 g/mol. The second-order valence-corrected chi connectivity index (χ2v) is 5.94. The monoisotopic (exact) mass is 285 g/mol. The van der Waals surface area contributed by atoms with Gasteiger partial charge in [-0.15, -0.1) is 0 Å². The maximum Gasteiger partial charge on any atom is 0.137 e. The first-order valence-corrected chi connectivity index (χ1v) is 7.52. The molecule has 0 fully saturated rings. The van der Waals surface area contributed by atoms with Crippen LogP contribution in [0.2, 0.25) is 0 Å². The van der Waals surface area contributed by atoms with Gasteiger partial charge in [0, 0.05) is 23.8 Å². The summed E-state index contributed by atoms with van der Waals surface area (Å²) in [7, 11) is -1.20. The first-order valence-electron chi connectivity index (χ1n) is 6.37. The van der Waals surface area contributed by atoms with Crippen LogP contribution in [0.15, 0.2) is 53.6 Å². The molecule has 2 heterocycles. The second-order valence-electron chi connectivity index (χ2n) is 4.64. The van der Waals surface area contributed by atoms with Crippen molar-refractivity contribution in [2.24, 2.45) is 0 Å². The Kier molecular flexibility index (Phi) is 3.62. The van der Waals surface area contributed by atoms with Crippen LogP contribution >= 0.6 is 0 Å². The number of nitrogens with one attached hydrogen (secondary N) is 2. The number of hydrogen-bond acceptors (Lipinski definition) is 2. The molecule has 0 amide bonds. The van der Waals surface area contributed by atoms with E-state index in [1.807, 2.05) is 49.4 Å². The van der Waals surface area contributed by atoms with Gasteiger partial charge in [-0.2, -0.15) is 0 Å². The van der Waals surface area contributed by atoms with Crippen LogP contribution in [0.5, 0.6) is 0 Å². The van der Waals surface area contributed by atoms with E-state index in [-0.39, 0.29) is 0 Å². The molecule has 3 aromatic rings. The fourth-order valence-electron chi connectivity index (χ4n) is 2.00. The average molecular weight is 285 g/mol. The molecule has 0 bridgehead atoms. The number of hydrogen-bond donors (Lipinski definition) is 2. The fourth-order valence-corrected chi connectivity index (χ4v) is 2.83. The van der Waals surface area contributed by atoms with E-state index in [9.17, 15) is 4.21 Å². The predicted octanol–water partition coefficient (Wildman–Crippen LogP) is 2.68. The maximum absolute atomic E-state index is 12.1. The molecule has 0 aliphatic rings. The minimum Gasteiger partial charge on any atom is -0.342 e. The molecule has 0 radical (unpaired) electrons. The van der Waals surface area contributed by atoms with Crippen molar-refractivity contribution in [3.63, 3.8) is 0 Å². The Morgan fingerprint density at radius 3 is 2.80 bits per heavy atom. The topological polar surface area (TPSA) is 57.8 Å². The van der Waals surface area contributed by atoms with E-state index in [2.05, 4.69) is 14.7 Å². The van der Waals surface area contributed by atoms with E-state index < -0.39 is 11.0 Å². The van der Waals surface area contributed by atoms with Crippen molar-refractivity contribution in [3.05, 3.63) is 59.9 Å². The molecule has 0 spiro atoms. The Bertz CT molecular complexity index is 716. The number of aromatic nitrogens is 2. The summed E-state index contributed by atoms with van der Waals surface area (Å²) >= 11 is 0. The molecule has 0 saturated heterocycles. The third-order valence-corrected chi connectivity index (χ3v) is 4.18. The first-order chi connectivity index (χ1) is 9.72. The Hall–Kier alpha value is -1.98. The molecule has 0 aliphatic carbocycles. The van der Waals surface area contributed by atoms with Gasteiger partial charge in [0.25, 0.3) is 0 Å². The quantitative estimate of drug-likeness (QED) is 0.774. The highest BCUT2D eigenvalue weighted by atomic mass is 32.2. The average Bonchev–Trinajstić information content (AvgIpc) is 2.88. The lowest BCUT2D eigenvalue weighted by Crippen LogP contribution is -2.16. The van der Waals surface area contributed by atoms with E-state index in [0.717, 1.165) is 27.2 Å². The zero-order valence-electron chi connectivity index (χ0n) is 11.1. The highest BCUT2D eigenvalue weighted by Gasteiger charge is 2.05. The number of benzene rings is 1. The Morgan fingerprint density at radius 2 is 2.05 bits per heavy atom. The van der Waals surface area contributed by atoms with Gasteiger partial charge in [-0.1, -0.05) is 17.7 Å². The molecule has 0 saturated carbocycles. The smallest absolute Gasteiger partial charge is 0.137 e. The molecule has 5 heteroatoms. The Morgan fingerprint density at radius 1 is 1.25 bits per heavy atom.